The molecule has 1 unspecified atom stereocenters. The molecule has 2 aromatic rings. The van der Waals surface area contributed by atoms with Gasteiger partial charge in [0.2, 0.25) is 0 Å². The zero-order valence-electron chi connectivity index (χ0n) is 15.2. The molecular formula is C19H25Cl2FN4O. The van der Waals surface area contributed by atoms with Crippen LogP contribution in [0.4, 0.5) is 15.9 Å². The smallest absolute Gasteiger partial charge is 0.257 e. The van der Waals surface area contributed by atoms with Gasteiger partial charge in [-0.2, -0.15) is 0 Å². The molecule has 1 amide bonds. The second kappa shape index (κ2) is 11.1. The maximum Gasteiger partial charge on any atom is 0.257 e. The molecule has 3 rings (SSSR count). The first-order valence-electron chi connectivity index (χ1n) is 8.59. The Balaban J connectivity index is 0.00000182. The number of piperidine rings is 1. The van der Waals surface area contributed by atoms with Crippen molar-refractivity contribution < 1.29 is 9.18 Å². The van der Waals surface area contributed by atoms with Crippen LogP contribution in [0.2, 0.25) is 0 Å². The molecule has 5 nitrogen and oxygen atoms in total. The molecule has 1 aliphatic heterocycles. The number of pyridine rings is 1. The summed E-state index contributed by atoms with van der Waals surface area (Å²) in [4.78, 5) is 19.1. The Hall–Kier alpha value is -1.89. The number of aromatic nitrogens is 1. The number of benzene rings is 1. The lowest BCUT2D eigenvalue weighted by Gasteiger charge is -2.33. The highest BCUT2D eigenvalue weighted by Gasteiger charge is 2.26. The van der Waals surface area contributed by atoms with Crippen LogP contribution in [0.15, 0.2) is 42.6 Å². The number of rotatable bonds is 5. The van der Waals surface area contributed by atoms with Crippen LogP contribution < -0.4 is 10.6 Å². The van der Waals surface area contributed by atoms with E-state index in [9.17, 15) is 9.18 Å². The number of carbonyl (C=O) groups excluding carboxylic acids is 1. The lowest BCUT2D eigenvalue weighted by atomic mass is 9.97. The zero-order chi connectivity index (χ0) is 17.6. The molecule has 0 aliphatic carbocycles. The van der Waals surface area contributed by atoms with Gasteiger partial charge < -0.3 is 15.5 Å². The van der Waals surface area contributed by atoms with Gasteiger partial charge in [-0.1, -0.05) is 12.1 Å². The third-order valence-corrected chi connectivity index (χ3v) is 4.46. The van der Waals surface area contributed by atoms with Crippen LogP contribution in [0.25, 0.3) is 0 Å². The average molecular weight is 415 g/mol. The predicted molar refractivity (Wildman–Crippen MR) is 111 cm³/mol. The van der Waals surface area contributed by atoms with E-state index in [1.807, 2.05) is 11.9 Å². The highest BCUT2D eigenvalue weighted by atomic mass is 35.5. The molecule has 0 bridgehead atoms. The number of nitrogens with zero attached hydrogens (tertiary/aromatic N) is 2. The van der Waals surface area contributed by atoms with Gasteiger partial charge >= 0.3 is 0 Å². The molecule has 1 aromatic carbocycles. The molecule has 1 saturated heterocycles. The fourth-order valence-corrected chi connectivity index (χ4v) is 3.24. The van der Waals surface area contributed by atoms with Crippen LogP contribution in [0.3, 0.4) is 0 Å². The fourth-order valence-electron chi connectivity index (χ4n) is 3.24. The van der Waals surface area contributed by atoms with Crippen molar-refractivity contribution in [1.82, 2.24) is 15.2 Å². The molecule has 1 aromatic heterocycles. The minimum atomic E-state index is -0.376. The van der Waals surface area contributed by atoms with Gasteiger partial charge in [0, 0.05) is 19.3 Å². The van der Waals surface area contributed by atoms with Gasteiger partial charge in [0.05, 0.1) is 11.3 Å². The Kier molecular flexibility index (Phi) is 9.49. The Morgan fingerprint density at radius 1 is 1.26 bits per heavy atom. The van der Waals surface area contributed by atoms with Gasteiger partial charge in [0.15, 0.2) is 0 Å². The van der Waals surface area contributed by atoms with Gasteiger partial charge in [-0.25, -0.2) is 9.37 Å². The van der Waals surface area contributed by atoms with Crippen molar-refractivity contribution in [3.63, 3.8) is 0 Å². The van der Waals surface area contributed by atoms with E-state index in [2.05, 4.69) is 15.6 Å². The number of hydrogen-bond acceptors (Lipinski definition) is 4. The van der Waals surface area contributed by atoms with E-state index in [1.54, 1.807) is 36.5 Å². The van der Waals surface area contributed by atoms with E-state index in [-0.39, 0.29) is 36.5 Å². The summed E-state index contributed by atoms with van der Waals surface area (Å²) in [6, 6.07) is 9.83. The molecule has 0 radical (unpaired) electrons. The zero-order valence-corrected chi connectivity index (χ0v) is 16.8. The second-order valence-electron chi connectivity index (χ2n) is 6.32. The van der Waals surface area contributed by atoms with Crippen molar-refractivity contribution in [2.45, 2.75) is 12.8 Å². The average Bonchev–Trinajstić information content (AvgIpc) is 2.64. The van der Waals surface area contributed by atoms with Crippen LogP contribution >= 0.6 is 24.8 Å². The van der Waals surface area contributed by atoms with E-state index in [4.69, 9.17) is 0 Å². The number of halogens is 3. The Morgan fingerprint density at radius 3 is 2.78 bits per heavy atom. The number of likely N-dealkylation sites (tertiary alicyclic amines) is 1. The molecule has 1 aliphatic rings. The summed E-state index contributed by atoms with van der Waals surface area (Å²) in [5, 5.41) is 6.13. The molecule has 27 heavy (non-hydrogen) atoms. The first kappa shape index (κ1) is 23.1. The maximum atomic E-state index is 13.9. The number of para-hydroxylation sites is 1. The molecule has 2 heterocycles. The summed E-state index contributed by atoms with van der Waals surface area (Å²) in [6.45, 7) is 2.37. The van der Waals surface area contributed by atoms with E-state index >= 15 is 0 Å². The van der Waals surface area contributed by atoms with E-state index < -0.39 is 0 Å². The first-order chi connectivity index (χ1) is 12.2. The lowest BCUT2D eigenvalue weighted by Crippen LogP contribution is -2.42. The summed E-state index contributed by atoms with van der Waals surface area (Å²) in [5.41, 5.74) is 0.776. The minimum absolute atomic E-state index is 0. The van der Waals surface area contributed by atoms with Crippen molar-refractivity contribution in [3.8, 4) is 0 Å². The van der Waals surface area contributed by atoms with Crippen LogP contribution in [-0.4, -0.2) is 42.5 Å². The normalized spacial score (nSPS) is 16.1. The third-order valence-electron chi connectivity index (χ3n) is 4.46. The van der Waals surface area contributed by atoms with Crippen LogP contribution in [-0.2, 0) is 0 Å². The van der Waals surface area contributed by atoms with Crippen molar-refractivity contribution in [2.24, 2.45) is 5.92 Å². The molecule has 1 atom stereocenters. The van der Waals surface area contributed by atoms with Gasteiger partial charge in [-0.15, -0.1) is 24.8 Å². The standard InChI is InChI=1S/C19H23FN4O.2ClH/c1-21-12-14-6-5-11-24(13-14)19(25)15-7-4-10-22-18(15)23-17-9-3-2-8-16(17)20;;/h2-4,7-10,14,21H,5-6,11-13H2,1H3,(H,22,23);2*1H. The van der Waals surface area contributed by atoms with Crippen molar-refractivity contribution in [2.75, 3.05) is 32.0 Å². The third kappa shape index (κ3) is 5.79. The molecule has 8 heteroatoms. The van der Waals surface area contributed by atoms with Gasteiger partial charge in [-0.3, -0.25) is 4.79 Å². The second-order valence-corrected chi connectivity index (χ2v) is 6.32. The molecular weight excluding hydrogens is 390 g/mol. The topological polar surface area (TPSA) is 57.3 Å². The quantitative estimate of drug-likeness (QED) is 0.779. The van der Waals surface area contributed by atoms with Gasteiger partial charge in [0.25, 0.3) is 5.91 Å². The Morgan fingerprint density at radius 2 is 2.04 bits per heavy atom. The number of nitrogens with one attached hydrogen (secondary N) is 2. The van der Waals surface area contributed by atoms with Crippen molar-refractivity contribution in [1.29, 1.82) is 0 Å². The summed E-state index contributed by atoms with van der Waals surface area (Å²) in [5.74, 6) is 0.405. The van der Waals surface area contributed by atoms with Gasteiger partial charge in [-0.05, 0) is 56.6 Å². The Labute approximate surface area is 171 Å². The van der Waals surface area contributed by atoms with Crippen LogP contribution in [0.1, 0.15) is 23.2 Å². The molecule has 1 fully saturated rings. The minimum Gasteiger partial charge on any atom is -0.338 e. The number of amides is 1. The highest BCUT2D eigenvalue weighted by Crippen LogP contribution is 2.24. The molecule has 0 saturated carbocycles. The van der Waals surface area contributed by atoms with Gasteiger partial charge in [0.1, 0.15) is 11.6 Å². The van der Waals surface area contributed by atoms with Crippen LogP contribution in [0.5, 0.6) is 0 Å². The number of hydrogen-bond donors (Lipinski definition) is 2. The summed E-state index contributed by atoms with van der Waals surface area (Å²) < 4.78 is 13.9. The van der Waals surface area contributed by atoms with Crippen molar-refractivity contribution in [3.05, 3.63) is 54.0 Å². The van der Waals surface area contributed by atoms with E-state index in [0.29, 0.717) is 23.0 Å². The lowest BCUT2D eigenvalue weighted by molar-refractivity contribution is 0.0675. The monoisotopic (exact) mass is 414 g/mol. The first-order valence-corrected chi connectivity index (χ1v) is 8.59. The largest absolute Gasteiger partial charge is 0.338 e. The number of anilines is 2. The summed E-state index contributed by atoms with van der Waals surface area (Å²) in [7, 11) is 1.93. The summed E-state index contributed by atoms with van der Waals surface area (Å²) >= 11 is 0. The molecule has 148 valence electrons. The maximum absolute atomic E-state index is 13.9. The molecule has 0 spiro atoms. The SMILES string of the molecule is CNCC1CCCN(C(=O)c2cccnc2Nc2ccccc2F)C1.Cl.Cl. The Bertz CT molecular complexity index is 745. The number of carbonyl (C=O) groups is 1. The van der Waals surface area contributed by atoms with E-state index in [1.165, 1.54) is 6.07 Å². The molecule has 2 N–H and O–H groups in total. The fraction of sp³-hybridized carbons (Fsp3) is 0.368. The van der Waals surface area contributed by atoms with E-state index in [0.717, 1.165) is 32.5 Å². The van der Waals surface area contributed by atoms with Crippen LogP contribution in [0, 0.1) is 11.7 Å². The highest BCUT2D eigenvalue weighted by molar-refractivity contribution is 5.99. The summed E-state index contributed by atoms with van der Waals surface area (Å²) in [6.07, 6.45) is 3.71. The predicted octanol–water partition coefficient (Wildman–Crippen LogP) is 3.88. The van der Waals surface area contributed by atoms with Crippen molar-refractivity contribution >= 4 is 42.2 Å².